The van der Waals surface area contributed by atoms with Crippen LogP contribution in [-0.4, -0.2) is 53.9 Å². The highest BCUT2D eigenvalue weighted by molar-refractivity contribution is 5.92. The Hall–Kier alpha value is -2.50. The molecule has 2 aromatic rings. The monoisotopic (exact) mass is 314 g/mol. The molecule has 0 N–H and O–H groups in total. The lowest BCUT2D eigenvalue weighted by atomic mass is 10.2. The predicted molar refractivity (Wildman–Crippen MR) is 89.1 cm³/mol. The average molecular weight is 314 g/mol. The molecule has 1 fully saturated rings. The molecule has 0 radical (unpaired) electrons. The highest BCUT2D eigenvalue weighted by Crippen LogP contribution is 2.28. The largest absolute Gasteiger partial charge is 0.495 e. The smallest absolute Gasteiger partial charge is 0.272 e. The van der Waals surface area contributed by atoms with Crippen LogP contribution in [0.25, 0.3) is 0 Å². The number of hydrogen-bond acceptors (Lipinski definition) is 4. The van der Waals surface area contributed by atoms with Gasteiger partial charge in [0.2, 0.25) is 0 Å². The number of rotatable bonds is 3. The molecule has 23 heavy (non-hydrogen) atoms. The third-order valence-corrected chi connectivity index (χ3v) is 4.21. The van der Waals surface area contributed by atoms with Crippen LogP contribution in [0.5, 0.6) is 5.75 Å². The number of methoxy groups -OCH3 is 1. The van der Waals surface area contributed by atoms with Gasteiger partial charge < -0.3 is 14.5 Å². The molecule has 1 amide bonds. The minimum absolute atomic E-state index is 0.0489. The van der Waals surface area contributed by atoms with Crippen molar-refractivity contribution in [3.05, 3.63) is 41.7 Å². The Balaban J connectivity index is 1.69. The zero-order chi connectivity index (χ0) is 16.4. The van der Waals surface area contributed by atoms with Crippen LogP contribution in [0.2, 0.25) is 0 Å². The van der Waals surface area contributed by atoms with Crippen molar-refractivity contribution in [2.45, 2.75) is 6.92 Å². The fourth-order valence-corrected chi connectivity index (χ4v) is 3.01. The van der Waals surface area contributed by atoms with Crippen LogP contribution < -0.4 is 9.64 Å². The van der Waals surface area contributed by atoms with Gasteiger partial charge in [-0.1, -0.05) is 12.1 Å². The van der Waals surface area contributed by atoms with Gasteiger partial charge in [-0.15, -0.1) is 0 Å². The summed E-state index contributed by atoms with van der Waals surface area (Å²) in [5, 5.41) is 4.25. The lowest BCUT2D eigenvalue weighted by molar-refractivity contribution is 0.0735. The lowest BCUT2D eigenvalue weighted by Crippen LogP contribution is -2.49. The topological polar surface area (TPSA) is 50.6 Å². The minimum Gasteiger partial charge on any atom is -0.495 e. The van der Waals surface area contributed by atoms with Crippen molar-refractivity contribution in [3.8, 4) is 5.75 Å². The summed E-state index contributed by atoms with van der Waals surface area (Å²) >= 11 is 0. The number of benzene rings is 1. The van der Waals surface area contributed by atoms with Crippen molar-refractivity contribution in [2.24, 2.45) is 7.05 Å². The maximum atomic E-state index is 12.6. The van der Waals surface area contributed by atoms with Crippen molar-refractivity contribution in [2.75, 3.05) is 38.2 Å². The summed E-state index contributed by atoms with van der Waals surface area (Å²) in [7, 11) is 3.49. The van der Waals surface area contributed by atoms with Gasteiger partial charge in [0.05, 0.1) is 18.5 Å². The van der Waals surface area contributed by atoms with E-state index in [-0.39, 0.29) is 5.91 Å². The van der Waals surface area contributed by atoms with Crippen LogP contribution >= 0.6 is 0 Å². The third kappa shape index (κ3) is 3.02. The Morgan fingerprint density at radius 3 is 2.48 bits per heavy atom. The van der Waals surface area contributed by atoms with Gasteiger partial charge in [0.25, 0.3) is 5.91 Å². The number of ether oxygens (including phenoxy) is 1. The molecule has 1 aromatic carbocycles. The van der Waals surface area contributed by atoms with Gasteiger partial charge in [-0.2, -0.15) is 5.10 Å². The summed E-state index contributed by atoms with van der Waals surface area (Å²) in [5.74, 6) is 0.919. The number of nitrogens with zero attached hydrogens (tertiary/aromatic N) is 4. The number of carbonyl (C=O) groups excluding carboxylic acids is 1. The molecule has 0 saturated carbocycles. The Bertz CT molecular complexity index is 702. The van der Waals surface area contributed by atoms with Crippen LogP contribution in [0.4, 0.5) is 5.69 Å². The molecule has 0 unspecified atom stereocenters. The van der Waals surface area contributed by atoms with E-state index in [0.29, 0.717) is 18.8 Å². The summed E-state index contributed by atoms with van der Waals surface area (Å²) in [6, 6.07) is 9.83. The van der Waals surface area contributed by atoms with Gasteiger partial charge in [-0.25, -0.2) is 0 Å². The number of aryl methyl sites for hydroxylation is 2. The van der Waals surface area contributed by atoms with E-state index < -0.39 is 0 Å². The standard InChI is InChI=1S/C17H22N4O2/c1-13-12-15(19(2)18-13)17(22)21-10-8-20(9-11-21)14-6-4-5-7-16(14)23-3/h4-7,12H,8-11H2,1-3H3. The number of para-hydroxylation sites is 2. The molecule has 3 rings (SSSR count). The van der Waals surface area contributed by atoms with Gasteiger partial charge in [-0.05, 0) is 25.1 Å². The molecule has 1 saturated heterocycles. The van der Waals surface area contributed by atoms with Gasteiger partial charge in [0, 0.05) is 33.2 Å². The van der Waals surface area contributed by atoms with Crippen molar-refractivity contribution < 1.29 is 9.53 Å². The molecule has 0 bridgehead atoms. The highest BCUT2D eigenvalue weighted by atomic mass is 16.5. The van der Waals surface area contributed by atoms with Gasteiger partial charge in [0.15, 0.2) is 0 Å². The number of anilines is 1. The minimum atomic E-state index is 0.0489. The van der Waals surface area contributed by atoms with Crippen molar-refractivity contribution in [1.29, 1.82) is 0 Å². The van der Waals surface area contributed by atoms with E-state index in [1.807, 2.05) is 43.1 Å². The second-order valence-electron chi connectivity index (χ2n) is 5.75. The molecule has 0 aliphatic carbocycles. The molecule has 6 heteroatoms. The van der Waals surface area contributed by atoms with Crippen LogP contribution in [-0.2, 0) is 7.05 Å². The number of amides is 1. The van der Waals surface area contributed by atoms with Crippen molar-refractivity contribution in [1.82, 2.24) is 14.7 Å². The second kappa shape index (κ2) is 6.32. The quantitative estimate of drug-likeness (QED) is 0.865. The fourth-order valence-electron chi connectivity index (χ4n) is 3.01. The van der Waals surface area contributed by atoms with Crippen LogP contribution in [0.1, 0.15) is 16.2 Å². The molecule has 1 aromatic heterocycles. The Morgan fingerprint density at radius 1 is 1.17 bits per heavy atom. The molecule has 122 valence electrons. The highest BCUT2D eigenvalue weighted by Gasteiger charge is 2.25. The maximum absolute atomic E-state index is 12.6. The number of piperazine rings is 1. The first-order valence-electron chi connectivity index (χ1n) is 7.78. The van der Waals surface area contributed by atoms with Gasteiger partial charge in [0.1, 0.15) is 11.4 Å². The Kier molecular flexibility index (Phi) is 4.23. The normalized spacial score (nSPS) is 14.9. The SMILES string of the molecule is COc1ccccc1N1CCN(C(=O)c2cc(C)nn2C)CC1. The van der Waals surface area contributed by atoms with Gasteiger partial charge >= 0.3 is 0 Å². The maximum Gasteiger partial charge on any atom is 0.272 e. The first-order chi connectivity index (χ1) is 11.1. The molecular formula is C17H22N4O2. The molecule has 0 spiro atoms. The first-order valence-corrected chi connectivity index (χ1v) is 7.78. The molecule has 1 aliphatic rings. The number of aromatic nitrogens is 2. The summed E-state index contributed by atoms with van der Waals surface area (Å²) < 4.78 is 7.08. The van der Waals surface area contributed by atoms with E-state index in [1.54, 1.807) is 11.8 Å². The van der Waals surface area contributed by atoms with E-state index in [0.717, 1.165) is 30.2 Å². The second-order valence-corrected chi connectivity index (χ2v) is 5.75. The van der Waals surface area contributed by atoms with E-state index in [2.05, 4.69) is 16.1 Å². The third-order valence-electron chi connectivity index (χ3n) is 4.21. The first kappa shape index (κ1) is 15.4. The summed E-state index contributed by atoms with van der Waals surface area (Å²) in [4.78, 5) is 16.8. The predicted octanol–water partition coefficient (Wildman–Crippen LogP) is 1.70. The van der Waals surface area contributed by atoms with Crippen molar-refractivity contribution >= 4 is 11.6 Å². The van der Waals surface area contributed by atoms with Gasteiger partial charge in [-0.3, -0.25) is 9.48 Å². The summed E-state index contributed by atoms with van der Waals surface area (Å²) in [6.45, 7) is 4.88. The zero-order valence-electron chi connectivity index (χ0n) is 13.8. The number of hydrogen-bond donors (Lipinski definition) is 0. The van der Waals surface area contributed by atoms with Crippen LogP contribution in [0.3, 0.4) is 0 Å². The van der Waals surface area contributed by atoms with Crippen LogP contribution in [0.15, 0.2) is 30.3 Å². The Labute approximate surface area is 136 Å². The average Bonchev–Trinajstić information content (AvgIpc) is 2.92. The summed E-state index contributed by atoms with van der Waals surface area (Å²) in [6.07, 6.45) is 0. The van der Waals surface area contributed by atoms with E-state index >= 15 is 0 Å². The molecule has 1 aliphatic heterocycles. The fraction of sp³-hybridized carbons (Fsp3) is 0.412. The summed E-state index contributed by atoms with van der Waals surface area (Å²) in [5.41, 5.74) is 2.59. The van der Waals surface area contributed by atoms with Crippen molar-refractivity contribution in [3.63, 3.8) is 0 Å². The van der Waals surface area contributed by atoms with E-state index in [9.17, 15) is 4.79 Å². The molecule has 6 nitrogen and oxygen atoms in total. The lowest BCUT2D eigenvalue weighted by Gasteiger charge is -2.36. The van der Waals surface area contributed by atoms with E-state index in [4.69, 9.17) is 4.74 Å². The van der Waals surface area contributed by atoms with E-state index in [1.165, 1.54) is 0 Å². The molecule has 0 atom stereocenters. The zero-order valence-corrected chi connectivity index (χ0v) is 13.8. The molecule has 2 heterocycles. The molecular weight excluding hydrogens is 292 g/mol. The van der Waals surface area contributed by atoms with Crippen LogP contribution in [0, 0.1) is 6.92 Å². The number of carbonyl (C=O) groups is 1. The Morgan fingerprint density at radius 2 is 1.87 bits per heavy atom.